The van der Waals surface area contributed by atoms with E-state index < -0.39 is 0 Å². The van der Waals surface area contributed by atoms with E-state index in [-0.39, 0.29) is 18.6 Å². The first kappa shape index (κ1) is 11.5. The minimum atomic E-state index is -0.112. The molecule has 0 bridgehead atoms. The summed E-state index contributed by atoms with van der Waals surface area (Å²) in [5.41, 5.74) is 0.387. The van der Waals surface area contributed by atoms with Crippen LogP contribution in [0.15, 0.2) is 6.20 Å². The van der Waals surface area contributed by atoms with Crippen LogP contribution >= 0.6 is 11.7 Å². The summed E-state index contributed by atoms with van der Waals surface area (Å²) in [5, 5.41) is 9.35. The Bertz CT molecular complexity index is 355. The van der Waals surface area contributed by atoms with E-state index in [9.17, 15) is 9.90 Å². The lowest BCUT2D eigenvalue weighted by molar-refractivity contribution is 0.0354. The van der Waals surface area contributed by atoms with Crippen LogP contribution in [0.2, 0.25) is 0 Å². The molecule has 0 saturated carbocycles. The summed E-state index contributed by atoms with van der Waals surface area (Å²) in [6.07, 6.45) is 3.53. The number of piperidine rings is 1. The fraction of sp³-hybridized carbons (Fsp3) is 0.700. The lowest BCUT2D eigenvalue weighted by Gasteiger charge is -2.38. The average Bonchev–Trinajstić information content (AvgIpc) is 2.81. The van der Waals surface area contributed by atoms with E-state index >= 15 is 0 Å². The van der Waals surface area contributed by atoms with Gasteiger partial charge < -0.3 is 10.0 Å². The monoisotopic (exact) mass is 241 g/mol. The number of hydrogen-bond acceptors (Lipinski definition) is 5. The van der Waals surface area contributed by atoms with Crippen LogP contribution < -0.4 is 0 Å². The molecular formula is C10H15N3O2S. The molecule has 6 heteroatoms. The molecule has 0 aliphatic carbocycles. The molecule has 0 radical (unpaired) electrons. The molecule has 2 heterocycles. The molecule has 16 heavy (non-hydrogen) atoms. The highest BCUT2D eigenvalue weighted by Gasteiger charge is 2.32. The van der Waals surface area contributed by atoms with Gasteiger partial charge in [0.1, 0.15) is 0 Å². The molecule has 0 aromatic carbocycles. The van der Waals surface area contributed by atoms with Crippen molar-refractivity contribution < 1.29 is 9.90 Å². The standard InChI is InChI=1S/C10H15N3O2S/c1-7-3-2-4-13(9(7)6-14)10(15)8-5-11-16-12-8/h5,7,9,14H,2-4,6H2,1H3. The first-order valence-electron chi connectivity index (χ1n) is 5.43. The molecule has 2 unspecified atom stereocenters. The summed E-state index contributed by atoms with van der Waals surface area (Å²) in [4.78, 5) is 13.8. The number of likely N-dealkylation sites (tertiary alicyclic amines) is 1. The quantitative estimate of drug-likeness (QED) is 0.830. The van der Waals surface area contributed by atoms with Crippen LogP contribution in [0.3, 0.4) is 0 Å². The summed E-state index contributed by atoms with van der Waals surface area (Å²) < 4.78 is 7.77. The predicted octanol–water partition coefficient (Wildman–Crippen LogP) is 0.771. The van der Waals surface area contributed by atoms with Crippen molar-refractivity contribution >= 4 is 17.6 Å². The van der Waals surface area contributed by atoms with Crippen molar-refractivity contribution in [3.05, 3.63) is 11.9 Å². The van der Waals surface area contributed by atoms with E-state index in [1.54, 1.807) is 4.90 Å². The molecule has 1 aromatic rings. The second-order valence-electron chi connectivity index (χ2n) is 4.16. The number of carbonyl (C=O) groups excluding carboxylic acids is 1. The van der Waals surface area contributed by atoms with E-state index in [4.69, 9.17) is 0 Å². The van der Waals surface area contributed by atoms with Gasteiger partial charge in [0.15, 0.2) is 5.69 Å². The molecule has 1 aromatic heterocycles. The number of aliphatic hydroxyl groups is 1. The molecule has 88 valence electrons. The lowest BCUT2D eigenvalue weighted by atomic mass is 9.91. The van der Waals surface area contributed by atoms with E-state index in [2.05, 4.69) is 15.7 Å². The highest BCUT2D eigenvalue weighted by molar-refractivity contribution is 6.99. The van der Waals surface area contributed by atoms with Crippen molar-refractivity contribution in [3.63, 3.8) is 0 Å². The van der Waals surface area contributed by atoms with Crippen LogP contribution in [-0.4, -0.2) is 43.9 Å². The SMILES string of the molecule is CC1CCCN(C(=O)c2cnsn2)C1CO. The Morgan fingerprint density at radius 1 is 1.75 bits per heavy atom. The predicted molar refractivity (Wildman–Crippen MR) is 60.2 cm³/mol. The van der Waals surface area contributed by atoms with Crippen LogP contribution in [0, 0.1) is 5.92 Å². The topological polar surface area (TPSA) is 66.3 Å². The fourth-order valence-electron chi connectivity index (χ4n) is 2.19. The number of amides is 1. The molecule has 1 saturated heterocycles. The van der Waals surface area contributed by atoms with E-state index in [1.807, 2.05) is 0 Å². The van der Waals surface area contributed by atoms with Crippen molar-refractivity contribution in [2.45, 2.75) is 25.8 Å². The molecule has 1 amide bonds. The maximum atomic E-state index is 12.1. The molecule has 2 atom stereocenters. The van der Waals surface area contributed by atoms with E-state index in [0.717, 1.165) is 24.6 Å². The molecule has 1 aliphatic heterocycles. The zero-order valence-corrected chi connectivity index (χ0v) is 9.98. The summed E-state index contributed by atoms with van der Waals surface area (Å²) in [6.45, 7) is 2.79. The highest BCUT2D eigenvalue weighted by Crippen LogP contribution is 2.24. The molecule has 0 spiro atoms. The number of aliphatic hydroxyl groups excluding tert-OH is 1. The van der Waals surface area contributed by atoms with Crippen molar-refractivity contribution in [1.29, 1.82) is 0 Å². The summed E-state index contributed by atoms with van der Waals surface area (Å²) in [5.74, 6) is 0.230. The van der Waals surface area contributed by atoms with Crippen LogP contribution in [0.5, 0.6) is 0 Å². The van der Waals surface area contributed by atoms with Gasteiger partial charge in [0.2, 0.25) is 0 Å². The lowest BCUT2D eigenvalue weighted by Crippen LogP contribution is -2.49. The highest BCUT2D eigenvalue weighted by atomic mass is 32.1. The second kappa shape index (κ2) is 4.88. The molecule has 5 nitrogen and oxygen atoms in total. The van der Waals surface area contributed by atoms with Crippen LogP contribution in [0.4, 0.5) is 0 Å². The average molecular weight is 241 g/mol. The largest absolute Gasteiger partial charge is 0.394 e. The first-order valence-corrected chi connectivity index (χ1v) is 6.16. The van der Waals surface area contributed by atoms with Gasteiger partial charge in [-0.1, -0.05) is 6.92 Å². The van der Waals surface area contributed by atoms with Crippen LogP contribution in [0.1, 0.15) is 30.3 Å². The van der Waals surface area contributed by atoms with Gasteiger partial charge in [0, 0.05) is 6.54 Å². The Morgan fingerprint density at radius 3 is 3.19 bits per heavy atom. The third-order valence-electron chi connectivity index (χ3n) is 3.14. The van der Waals surface area contributed by atoms with Gasteiger partial charge in [-0.05, 0) is 18.8 Å². The Hall–Kier alpha value is -1.01. The number of rotatable bonds is 2. The Kier molecular flexibility index (Phi) is 3.50. The van der Waals surface area contributed by atoms with Crippen molar-refractivity contribution in [2.75, 3.05) is 13.2 Å². The first-order chi connectivity index (χ1) is 7.74. The number of aromatic nitrogens is 2. The van der Waals surface area contributed by atoms with Crippen molar-refractivity contribution in [3.8, 4) is 0 Å². The minimum Gasteiger partial charge on any atom is -0.394 e. The molecule has 1 fully saturated rings. The van der Waals surface area contributed by atoms with Gasteiger partial charge in [0.05, 0.1) is 30.6 Å². The van der Waals surface area contributed by atoms with Crippen molar-refractivity contribution in [2.24, 2.45) is 5.92 Å². The Morgan fingerprint density at radius 2 is 2.56 bits per heavy atom. The summed E-state index contributed by atoms with van der Waals surface area (Å²) in [7, 11) is 0. The van der Waals surface area contributed by atoms with Crippen LogP contribution in [-0.2, 0) is 0 Å². The van der Waals surface area contributed by atoms with E-state index in [0.29, 0.717) is 18.2 Å². The minimum absolute atomic E-state index is 0.0183. The Labute approximate surface area is 98.4 Å². The van der Waals surface area contributed by atoms with Gasteiger partial charge in [-0.2, -0.15) is 8.75 Å². The number of hydrogen-bond donors (Lipinski definition) is 1. The zero-order valence-electron chi connectivity index (χ0n) is 9.17. The summed E-state index contributed by atoms with van der Waals surface area (Å²) >= 11 is 1.03. The van der Waals surface area contributed by atoms with Gasteiger partial charge in [-0.15, -0.1) is 0 Å². The third kappa shape index (κ3) is 2.08. The molecule has 1 aliphatic rings. The van der Waals surface area contributed by atoms with Crippen LogP contribution in [0.25, 0.3) is 0 Å². The maximum Gasteiger partial charge on any atom is 0.275 e. The normalized spacial score (nSPS) is 25.8. The molecule has 1 N–H and O–H groups in total. The second-order valence-corrected chi connectivity index (χ2v) is 4.72. The molecule has 2 rings (SSSR count). The Balaban J connectivity index is 2.15. The smallest absolute Gasteiger partial charge is 0.275 e. The van der Waals surface area contributed by atoms with Gasteiger partial charge in [-0.25, -0.2) is 0 Å². The van der Waals surface area contributed by atoms with Gasteiger partial charge in [-0.3, -0.25) is 4.79 Å². The van der Waals surface area contributed by atoms with E-state index in [1.165, 1.54) is 6.20 Å². The zero-order chi connectivity index (χ0) is 11.5. The number of carbonyl (C=O) groups is 1. The van der Waals surface area contributed by atoms with Gasteiger partial charge in [0.25, 0.3) is 5.91 Å². The number of nitrogens with zero attached hydrogens (tertiary/aromatic N) is 3. The summed E-state index contributed by atoms with van der Waals surface area (Å²) in [6, 6.07) is -0.0806. The van der Waals surface area contributed by atoms with Crippen molar-refractivity contribution in [1.82, 2.24) is 13.6 Å². The third-order valence-corrected chi connectivity index (χ3v) is 3.62. The van der Waals surface area contributed by atoms with Gasteiger partial charge >= 0.3 is 0 Å². The molecular weight excluding hydrogens is 226 g/mol. The maximum absolute atomic E-state index is 12.1. The fourth-order valence-corrected chi connectivity index (χ4v) is 2.59.